The number of rotatable bonds is 3. The first-order valence-electron chi connectivity index (χ1n) is 5.49. The first-order valence-corrected chi connectivity index (χ1v) is 5.87. The highest BCUT2D eigenvalue weighted by atomic mass is 35.5. The molecule has 2 aromatic rings. The molecule has 0 unspecified atom stereocenters. The van der Waals surface area contributed by atoms with Crippen molar-refractivity contribution < 1.29 is 0 Å². The van der Waals surface area contributed by atoms with E-state index in [2.05, 4.69) is 10.1 Å². The van der Waals surface area contributed by atoms with Gasteiger partial charge in [-0.2, -0.15) is 5.10 Å². The number of hydrogen-bond donors (Lipinski definition) is 1. The molecule has 0 saturated carbocycles. The van der Waals surface area contributed by atoms with E-state index >= 15 is 0 Å². The Labute approximate surface area is 105 Å². The van der Waals surface area contributed by atoms with Crippen molar-refractivity contribution >= 4 is 11.6 Å². The maximum absolute atomic E-state index is 6.13. The van der Waals surface area contributed by atoms with Crippen LogP contribution in [0.1, 0.15) is 17.0 Å². The Bertz CT molecular complexity index is 533. The number of nitrogens with zero attached hydrogens (tertiary/aromatic N) is 3. The van der Waals surface area contributed by atoms with Gasteiger partial charge in [0.15, 0.2) is 0 Å². The van der Waals surface area contributed by atoms with Gasteiger partial charge in [0.05, 0.1) is 28.3 Å². The van der Waals surface area contributed by atoms with Gasteiger partial charge in [-0.1, -0.05) is 11.6 Å². The van der Waals surface area contributed by atoms with Crippen LogP contribution in [0.5, 0.6) is 0 Å². The number of hydrogen-bond acceptors (Lipinski definition) is 3. The minimum Gasteiger partial charge on any atom is -0.330 e. The smallest absolute Gasteiger partial charge is 0.0848 e. The first kappa shape index (κ1) is 12.1. The van der Waals surface area contributed by atoms with E-state index in [-0.39, 0.29) is 0 Å². The van der Waals surface area contributed by atoms with Gasteiger partial charge in [0.25, 0.3) is 0 Å². The second kappa shape index (κ2) is 4.85. The van der Waals surface area contributed by atoms with Crippen LogP contribution in [0, 0.1) is 13.8 Å². The van der Waals surface area contributed by atoms with Crippen LogP contribution in [0.25, 0.3) is 5.69 Å². The average Bonchev–Trinajstić information content (AvgIpc) is 2.58. The van der Waals surface area contributed by atoms with Gasteiger partial charge in [0.2, 0.25) is 0 Å². The highest BCUT2D eigenvalue weighted by Gasteiger charge is 2.10. The maximum Gasteiger partial charge on any atom is 0.0848 e. The zero-order valence-corrected chi connectivity index (χ0v) is 10.7. The third-order valence-corrected chi connectivity index (χ3v) is 3.21. The molecule has 2 aromatic heterocycles. The molecular weight excluding hydrogens is 236 g/mol. The molecular formula is C12H15ClN4. The Hall–Kier alpha value is -1.39. The largest absolute Gasteiger partial charge is 0.330 e. The van der Waals surface area contributed by atoms with Crippen molar-refractivity contribution in [3.05, 3.63) is 40.4 Å². The van der Waals surface area contributed by atoms with Crippen LogP contribution in [0.3, 0.4) is 0 Å². The Morgan fingerprint density at radius 3 is 2.71 bits per heavy atom. The molecule has 2 N–H and O–H groups in total. The normalized spacial score (nSPS) is 10.8. The molecule has 0 atom stereocenters. The Morgan fingerprint density at radius 1 is 1.35 bits per heavy atom. The van der Waals surface area contributed by atoms with Crippen molar-refractivity contribution in [3.8, 4) is 5.69 Å². The van der Waals surface area contributed by atoms with E-state index in [0.717, 1.165) is 29.1 Å². The van der Waals surface area contributed by atoms with Crippen molar-refractivity contribution in [1.82, 2.24) is 14.8 Å². The molecule has 17 heavy (non-hydrogen) atoms. The second-order valence-electron chi connectivity index (χ2n) is 3.99. The van der Waals surface area contributed by atoms with Crippen LogP contribution in [-0.2, 0) is 6.42 Å². The maximum atomic E-state index is 6.13. The van der Waals surface area contributed by atoms with Gasteiger partial charge in [-0.3, -0.25) is 4.98 Å². The van der Waals surface area contributed by atoms with Crippen LogP contribution in [0.2, 0.25) is 5.02 Å². The number of halogens is 1. The number of aromatic nitrogens is 3. The van der Waals surface area contributed by atoms with Crippen LogP contribution in [0.15, 0.2) is 18.5 Å². The highest BCUT2D eigenvalue weighted by Crippen LogP contribution is 2.22. The lowest BCUT2D eigenvalue weighted by molar-refractivity contribution is 0.823. The summed E-state index contributed by atoms with van der Waals surface area (Å²) >= 11 is 6.13. The molecule has 5 heteroatoms. The fraction of sp³-hybridized carbons (Fsp3) is 0.333. The lowest BCUT2D eigenvalue weighted by Gasteiger charge is -2.05. The van der Waals surface area contributed by atoms with E-state index in [1.54, 1.807) is 6.20 Å². The van der Waals surface area contributed by atoms with E-state index < -0.39 is 0 Å². The molecule has 0 aliphatic heterocycles. The monoisotopic (exact) mass is 250 g/mol. The molecule has 0 aliphatic carbocycles. The van der Waals surface area contributed by atoms with Crippen LogP contribution >= 0.6 is 11.6 Å². The van der Waals surface area contributed by atoms with Crippen LogP contribution in [0.4, 0.5) is 0 Å². The highest BCUT2D eigenvalue weighted by molar-refractivity contribution is 6.31. The lowest BCUT2D eigenvalue weighted by atomic mass is 10.2. The van der Waals surface area contributed by atoms with Crippen LogP contribution < -0.4 is 5.73 Å². The summed E-state index contributed by atoms with van der Waals surface area (Å²) in [6, 6.07) is 2.04. The molecule has 2 heterocycles. The fourth-order valence-corrected chi connectivity index (χ4v) is 1.89. The van der Waals surface area contributed by atoms with E-state index in [9.17, 15) is 0 Å². The molecule has 0 amide bonds. The first-order chi connectivity index (χ1) is 8.13. The number of nitrogens with two attached hydrogens (primary N) is 1. The zero-order chi connectivity index (χ0) is 12.4. The van der Waals surface area contributed by atoms with Gasteiger partial charge in [-0.25, -0.2) is 4.68 Å². The second-order valence-corrected chi connectivity index (χ2v) is 4.36. The lowest BCUT2D eigenvalue weighted by Crippen LogP contribution is -2.05. The third-order valence-electron chi connectivity index (χ3n) is 2.66. The van der Waals surface area contributed by atoms with E-state index in [4.69, 9.17) is 17.3 Å². The molecule has 4 nitrogen and oxygen atoms in total. The minimum absolute atomic E-state index is 0.614. The van der Waals surface area contributed by atoms with E-state index in [1.807, 2.05) is 30.8 Å². The molecule has 0 aliphatic rings. The molecule has 0 fully saturated rings. The van der Waals surface area contributed by atoms with Gasteiger partial charge >= 0.3 is 0 Å². The van der Waals surface area contributed by atoms with E-state index in [0.29, 0.717) is 11.6 Å². The van der Waals surface area contributed by atoms with Gasteiger partial charge in [0.1, 0.15) is 0 Å². The summed E-state index contributed by atoms with van der Waals surface area (Å²) in [6.45, 7) is 4.45. The van der Waals surface area contributed by atoms with Crippen LogP contribution in [-0.4, -0.2) is 21.3 Å². The topological polar surface area (TPSA) is 56.7 Å². The van der Waals surface area contributed by atoms with E-state index in [1.165, 1.54) is 0 Å². The Balaban J connectivity index is 2.45. The molecule has 0 bridgehead atoms. The molecule has 0 saturated heterocycles. The summed E-state index contributed by atoms with van der Waals surface area (Å²) in [5, 5.41) is 5.10. The quantitative estimate of drug-likeness (QED) is 0.907. The van der Waals surface area contributed by atoms with Gasteiger partial charge in [-0.05, 0) is 38.4 Å². The molecule has 90 valence electrons. The zero-order valence-electron chi connectivity index (χ0n) is 9.94. The average molecular weight is 251 g/mol. The SMILES string of the molecule is Cc1nn(-c2cncc(CCN)c2)c(C)c1Cl. The summed E-state index contributed by atoms with van der Waals surface area (Å²) in [5.41, 5.74) is 9.32. The third kappa shape index (κ3) is 2.33. The molecule has 0 aromatic carbocycles. The predicted octanol–water partition coefficient (Wildman–Crippen LogP) is 2.04. The number of pyridine rings is 1. The Morgan fingerprint density at radius 2 is 2.12 bits per heavy atom. The summed E-state index contributed by atoms with van der Waals surface area (Å²) < 4.78 is 1.81. The van der Waals surface area contributed by atoms with Crippen molar-refractivity contribution in [3.63, 3.8) is 0 Å². The summed E-state index contributed by atoms with van der Waals surface area (Å²) in [4.78, 5) is 4.20. The standard InChI is InChI=1S/C12H15ClN4/c1-8-12(13)9(2)17(16-8)11-5-10(3-4-14)6-15-7-11/h5-7H,3-4,14H2,1-2H3. The molecule has 0 spiro atoms. The number of aryl methyl sites for hydroxylation is 1. The fourth-order valence-electron chi connectivity index (χ4n) is 1.77. The minimum atomic E-state index is 0.614. The van der Waals surface area contributed by atoms with Gasteiger partial charge in [-0.15, -0.1) is 0 Å². The van der Waals surface area contributed by atoms with Gasteiger partial charge < -0.3 is 5.73 Å². The molecule has 0 radical (unpaired) electrons. The van der Waals surface area contributed by atoms with Crippen molar-refractivity contribution in [1.29, 1.82) is 0 Å². The summed E-state index contributed by atoms with van der Waals surface area (Å²) in [6.07, 6.45) is 4.41. The summed E-state index contributed by atoms with van der Waals surface area (Å²) in [7, 11) is 0. The predicted molar refractivity (Wildman–Crippen MR) is 68.6 cm³/mol. The van der Waals surface area contributed by atoms with Gasteiger partial charge in [0, 0.05) is 6.20 Å². The summed E-state index contributed by atoms with van der Waals surface area (Å²) in [5.74, 6) is 0. The van der Waals surface area contributed by atoms with Crippen molar-refractivity contribution in [2.75, 3.05) is 6.54 Å². The molecule has 2 rings (SSSR count). The Kier molecular flexibility index (Phi) is 3.45. The van der Waals surface area contributed by atoms with Crippen molar-refractivity contribution in [2.24, 2.45) is 5.73 Å². The van der Waals surface area contributed by atoms with Crippen molar-refractivity contribution in [2.45, 2.75) is 20.3 Å².